The Morgan fingerprint density at radius 3 is 2.50 bits per heavy atom. The predicted molar refractivity (Wildman–Crippen MR) is 101 cm³/mol. The molecule has 0 aromatic heterocycles. The highest BCUT2D eigenvalue weighted by Gasteiger charge is 2.49. The number of fused-ring (bicyclic) bond motifs is 2. The van der Waals surface area contributed by atoms with Crippen molar-refractivity contribution < 1.29 is 50.3 Å². The fraction of sp³-hybridized carbons (Fsp3) is 0.765. The van der Waals surface area contributed by atoms with E-state index in [0.717, 1.165) is 4.90 Å². The molecule has 3 rings (SSSR count). The molecule has 0 aliphatic carbocycles. The van der Waals surface area contributed by atoms with Crippen molar-refractivity contribution in [2.24, 2.45) is 11.1 Å². The van der Waals surface area contributed by atoms with Gasteiger partial charge >= 0.3 is 28.6 Å². The summed E-state index contributed by atoms with van der Waals surface area (Å²) in [7, 11) is -4.72. The van der Waals surface area contributed by atoms with E-state index in [0.29, 0.717) is 11.5 Å². The van der Waals surface area contributed by atoms with Crippen molar-refractivity contribution in [3.8, 4) is 0 Å². The molecule has 0 aromatic rings. The van der Waals surface area contributed by atoms with E-state index < -0.39 is 70.8 Å². The molecule has 0 saturated carbocycles. The standard InChI is InChI=1S/C17H25N3O11S/c1-9-12(30-16(24)29-9)7-27-14(22)17(2,3)8-28-32(25,26)31-20-10-4-5-11(13(18)21)19(6-10)15(20)23/h9-12H,4-8H2,1-3H3,(H2,18,21). The third-order valence-corrected chi connectivity index (χ3v) is 6.12. The molecule has 0 aromatic carbocycles. The lowest BCUT2D eigenvalue weighted by molar-refractivity contribution is -0.158. The van der Waals surface area contributed by atoms with Gasteiger partial charge in [0, 0.05) is 6.54 Å². The van der Waals surface area contributed by atoms with E-state index in [1.807, 2.05) is 0 Å². The monoisotopic (exact) mass is 479 g/mol. The number of urea groups is 1. The van der Waals surface area contributed by atoms with E-state index in [9.17, 15) is 27.6 Å². The van der Waals surface area contributed by atoms with Crippen molar-refractivity contribution >= 4 is 34.5 Å². The molecule has 180 valence electrons. The van der Waals surface area contributed by atoms with Crippen LogP contribution in [-0.2, 0) is 42.7 Å². The van der Waals surface area contributed by atoms with Gasteiger partial charge < -0.3 is 24.8 Å². The number of hydroxylamine groups is 2. The molecule has 3 fully saturated rings. The summed E-state index contributed by atoms with van der Waals surface area (Å²) in [5.74, 6) is -1.50. The highest BCUT2D eigenvalue weighted by molar-refractivity contribution is 7.81. The van der Waals surface area contributed by atoms with Crippen LogP contribution in [-0.4, -0.2) is 86.5 Å². The number of carbonyl (C=O) groups is 4. The van der Waals surface area contributed by atoms with Crippen LogP contribution in [0.1, 0.15) is 33.6 Å². The van der Waals surface area contributed by atoms with E-state index in [2.05, 4.69) is 0 Å². The van der Waals surface area contributed by atoms with E-state index in [1.54, 1.807) is 6.92 Å². The lowest BCUT2D eigenvalue weighted by atomic mass is 9.95. The Morgan fingerprint density at radius 2 is 1.91 bits per heavy atom. The third kappa shape index (κ3) is 5.05. The highest BCUT2D eigenvalue weighted by Crippen LogP contribution is 2.31. The maximum absolute atomic E-state index is 12.4. The Morgan fingerprint density at radius 1 is 1.22 bits per heavy atom. The molecule has 3 aliphatic heterocycles. The van der Waals surface area contributed by atoms with Crippen LogP contribution < -0.4 is 5.73 Å². The molecule has 2 bridgehead atoms. The van der Waals surface area contributed by atoms with Gasteiger partial charge in [0.2, 0.25) is 5.91 Å². The number of esters is 1. The summed E-state index contributed by atoms with van der Waals surface area (Å²) in [6, 6.07) is -2.24. The van der Waals surface area contributed by atoms with Gasteiger partial charge in [0.05, 0.1) is 18.1 Å². The smallest absolute Gasteiger partial charge is 0.461 e. The predicted octanol–water partition coefficient (Wildman–Crippen LogP) is -0.573. The third-order valence-electron chi connectivity index (χ3n) is 5.37. The van der Waals surface area contributed by atoms with Gasteiger partial charge in [-0.2, -0.15) is 13.5 Å². The van der Waals surface area contributed by atoms with Crippen molar-refractivity contribution in [2.45, 2.75) is 57.9 Å². The van der Waals surface area contributed by atoms with Crippen molar-refractivity contribution in [1.82, 2.24) is 9.96 Å². The highest BCUT2D eigenvalue weighted by atomic mass is 32.3. The Kier molecular flexibility index (Phi) is 6.53. The normalized spacial score (nSPS) is 27.8. The molecule has 4 unspecified atom stereocenters. The quantitative estimate of drug-likeness (QED) is 0.418. The van der Waals surface area contributed by atoms with Crippen LogP contribution in [0.25, 0.3) is 0 Å². The Labute approximate surface area is 184 Å². The molecule has 3 aliphatic rings. The SMILES string of the molecule is CC1OC(=O)OC1COC(=O)C(C)(C)COS(=O)(=O)ON1C(=O)N2CC1CCC2C(N)=O. The molecular formula is C17H25N3O11S. The molecule has 2 N–H and O–H groups in total. The fourth-order valence-corrected chi connectivity index (χ4v) is 4.29. The Hall–Kier alpha value is -2.65. The van der Waals surface area contributed by atoms with Crippen LogP contribution in [0.4, 0.5) is 9.59 Å². The van der Waals surface area contributed by atoms with Crippen LogP contribution in [0, 0.1) is 5.41 Å². The molecule has 3 heterocycles. The second-order valence-electron chi connectivity index (χ2n) is 8.37. The van der Waals surface area contributed by atoms with Crippen LogP contribution in [0.15, 0.2) is 0 Å². The first kappa shape index (κ1) is 24.0. The van der Waals surface area contributed by atoms with Crippen LogP contribution in [0.5, 0.6) is 0 Å². The van der Waals surface area contributed by atoms with Crippen molar-refractivity contribution in [2.75, 3.05) is 19.8 Å². The number of amides is 3. The average molecular weight is 479 g/mol. The van der Waals surface area contributed by atoms with Gasteiger partial charge in [-0.25, -0.2) is 13.8 Å². The number of carbonyl (C=O) groups excluding carboxylic acids is 4. The number of primary amides is 1. The summed E-state index contributed by atoms with van der Waals surface area (Å²) in [4.78, 5) is 48.5. The minimum atomic E-state index is -4.72. The van der Waals surface area contributed by atoms with Gasteiger partial charge in [-0.3, -0.25) is 9.59 Å². The number of ether oxygens (including phenoxy) is 3. The topological polar surface area (TPSA) is 181 Å². The van der Waals surface area contributed by atoms with E-state index in [1.165, 1.54) is 13.8 Å². The van der Waals surface area contributed by atoms with Gasteiger partial charge in [0.15, 0.2) is 6.10 Å². The molecule has 32 heavy (non-hydrogen) atoms. The summed E-state index contributed by atoms with van der Waals surface area (Å²) in [6.45, 7) is 3.49. The van der Waals surface area contributed by atoms with E-state index in [-0.39, 0.29) is 19.6 Å². The zero-order valence-corrected chi connectivity index (χ0v) is 18.5. The minimum absolute atomic E-state index is 0.0909. The molecule has 15 heteroatoms. The summed E-state index contributed by atoms with van der Waals surface area (Å²) in [5, 5.41) is 0.638. The number of nitrogens with zero attached hydrogens (tertiary/aromatic N) is 2. The summed E-state index contributed by atoms with van der Waals surface area (Å²) >= 11 is 0. The number of piperidine rings is 1. The number of hydrogen-bond acceptors (Lipinski definition) is 11. The van der Waals surface area contributed by atoms with Crippen LogP contribution >= 0.6 is 0 Å². The number of nitrogens with two attached hydrogens (primary N) is 1. The molecule has 0 radical (unpaired) electrons. The molecule has 14 nitrogen and oxygen atoms in total. The number of hydrogen-bond donors (Lipinski definition) is 1. The first-order valence-corrected chi connectivity index (χ1v) is 11.2. The second kappa shape index (κ2) is 8.71. The average Bonchev–Trinajstić information content (AvgIpc) is 3.15. The van der Waals surface area contributed by atoms with Crippen LogP contribution in [0.2, 0.25) is 0 Å². The van der Waals surface area contributed by atoms with Gasteiger partial charge in [-0.15, -0.1) is 4.28 Å². The van der Waals surface area contributed by atoms with Gasteiger partial charge in [0.1, 0.15) is 18.8 Å². The van der Waals surface area contributed by atoms with Gasteiger partial charge in [-0.1, -0.05) is 0 Å². The molecule has 3 saturated heterocycles. The molecule has 4 atom stereocenters. The molecule has 0 spiro atoms. The van der Waals surface area contributed by atoms with E-state index >= 15 is 0 Å². The summed E-state index contributed by atoms with van der Waals surface area (Å²) < 4.78 is 48.9. The van der Waals surface area contributed by atoms with Crippen molar-refractivity contribution in [3.05, 3.63) is 0 Å². The fourth-order valence-electron chi connectivity index (χ4n) is 3.42. The number of rotatable bonds is 9. The lowest BCUT2D eigenvalue weighted by Gasteiger charge is -2.27. The maximum Gasteiger partial charge on any atom is 0.509 e. The maximum atomic E-state index is 12.4. The van der Waals surface area contributed by atoms with Crippen LogP contribution in [0.3, 0.4) is 0 Å². The molecular weight excluding hydrogens is 454 g/mol. The minimum Gasteiger partial charge on any atom is -0.461 e. The zero-order valence-electron chi connectivity index (χ0n) is 17.7. The zero-order chi connectivity index (χ0) is 23.8. The first-order chi connectivity index (χ1) is 14.8. The Bertz CT molecular complexity index is 905. The largest absolute Gasteiger partial charge is 0.509 e. The van der Waals surface area contributed by atoms with Crippen molar-refractivity contribution in [1.29, 1.82) is 0 Å². The summed E-state index contributed by atoms with van der Waals surface area (Å²) in [6.07, 6.45) is -1.66. The Balaban J connectivity index is 1.52. The first-order valence-electron chi connectivity index (χ1n) is 9.83. The second-order valence-corrected chi connectivity index (χ2v) is 9.57. The van der Waals surface area contributed by atoms with Crippen molar-refractivity contribution in [3.63, 3.8) is 0 Å². The summed E-state index contributed by atoms with van der Waals surface area (Å²) in [5.41, 5.74) is 3.86. The van der Waals surface area contributed by atoms with Gasteiger partial charge in [0.25, 0.3) is 0 Å². The van der Waals surface area contributed by atoms with E-state index in [4.69, 9.17) is 28.4 Å². The molecule has 3 amide bonds. The lowest BCUT2D eigenvalue weighted by Crippen LogP contribution is -2.47. The van der Waals surface area contributed by atoms with Gasteiger partial charge in [-0.05, 0) is 33.6 Å². The number of cyclic esters (lactones) is 2.